The number of carbonyl (C=O) groups excluding carboxylic acids is 1. The van der Waals surface area contributed by atoms with Crippen molar-refractivity contribution in [2.75, 3.05) is 33.2 Å². The number of halogens is 1. The van der Waals surface area contributed by atoms with Crippen LogP contribution in [0.15, 0.2) is 18.2 Å². The van der Waals surface area contributed by atoms with Crippen LogP contribution in [0.3, 0.4) is 0 Å². The van der Waals surface area contributed by atoms with E-state index in [0.717, 1.165) is 31.3 Å². The Morgan fingerprint density at radius 2 is 2.00 bits per heavy atom. The number of nitro groups is 1. The van der Waals surface area contributed by atoms with Crippen molar-refractivity contribution in [1.29, 1.82) is 0 Å². The summed E-state index contributed by atoms with van der Waals surface area (Å²) in [6.07, 6.45) is 0. The average Bonchev–Trinajstić information content (AvgIpc) is 2.41. The fraction of sp³-hybridized carbons (Fsp3) is 0.417. The van der Waals surface area contributed by atoms with Crippen LogP contribution < -0.4 is 5.43 Å². The topological polar surface area (TPSA) is 78.7 Å². The average molecular weight is 282 g/mol. The molecule has 1 N–H and O–H groups in total. The minimum Gasteiger partial charge on any atom is -0.304 e. The van der Waals surface area contributed by atoms with Gasteiger partial charge in [0.15, 0.2) is 0 Å². The molecule has 0 unspecified atom stereocenters. The molecule has 0 aliphatic carbocycles. The zero-order valence-corrected chi connectivity index (χ0v) is 11.0. The monoisotopic (exact) mass is 282 g/mol. The lowest BCUT2D eigenvalue weighted by molar-refractivity contribution is -0.384. The first kappa shape index (κ1) is 14.4. The van der Waals surface area contributed by atoms with Gasteiger partial charge in [-0.3, -0.25) is 20.3 Å². The number of carbonyl (C=O) groups is 1. The highest BCUT2D eigenvalue weighted by Gasteiger charge is 2.20. The maximum Gasteiger partial charge on any atom is 0.270 e. The largest absolute Gasteiger partial charge is 0.304 e. The number of nitrogens with one attached hydrogen (secondary N) is 1. The normalized spacial score (nSPS) is 16.9. The van der Waals surface area contributed by atoms with Crippen LogP contribution in [0.5, 0.6) is 0 Å². The molecular formula is C12H15FN4O3. The number of non-ortho nitro benzene ring substituents is 1. The van der Waals surface area contributed by atoms with Crippen molar-refractivity contribution in [2.45, 2.75) is 0 Å². The van der Waals surface area contributed by atoms with Gasteiger partial charge in [0.25, 0.3) is 11.6 Å². The number of amides is 1. The van der Waals surface area contributed by atoms with Crippen LogP contribution in [0.25, 0.3) is 0 Å². The van der Waals surface area contributed by atoms with Crippen molar-refractivity contribution in [1.82, 2.24) is 15.3 Å². The van der Waals surface area contributed by atoms with E-state index in [2.05, 4.69) is 10.3 Å². The Morgan fingerprint density at radius 1 is 1.35 bits per heavy atom. The second kappa shape index (κ2) is 5.93. The molecular weight excluding hydrogens is 267 g/mol. The van der Waals surface area contributed by atoms with Gasteiger partial charge in [-0.05, 0) is 13.1 Å². The minimum atomic E-state index is -0.776. The Hall–Kier alpha value is -2.06. The van der Waals surface area contributed by atoms with E-state index in [0.29, 0.717) is 13.1 Å². The van der Waals surface area contributed by atoms with Crippen LogP contribution in [0.4, 0.5) is 10.1 Å². The third-order valence-electron chi connectivity index (χ3n) is 3.17. The Morgan fingerprint density at radius 3 is 2.60 bits per heavy atom. The molecule has 8 heteroatoms. The summed E-state index contributed by atoms with van der Waals surface area (Å²) in [5, 5.41) is 12.3. The smallest absolute Gasteiger partial charge is 0.270 e. The van der Waals surface area contributed by atoms with Crippen LogP contribution >= 0.6 is 0 Å². The summed E-state index contributed by atoms with van der Waals surface area (Å²) in [5.41, 5.74) is 1.94. The van der Waals surface area contributed by atoms with Crippen LogP contribution in [0, 0.1) is 15.9 Å². The number of nitro benzene ring substituents is 1. The number of nitrogens with zero attached hydrogens (tertiary/aromatic N) is 3. The molecule has 2 rings (SSSR count). The Bertz CT molecular complexity index is 529. The van der Waals surface area contributed by atoms with E-state index in [4.69, 9.17) is 0 Å². The van der Waals surface area contributed by atoms with E-state index in [1.54, 1.807) is 5.01 Å². The van der Waals surface area contributed by atoms with Gasteiger partial charge in [0.05, 0.1) is 10.5 Å². The molecule has 1 aliphatic heterocycles. The van der Waals surface area contributed by atoms with Crippen LogP contribution in [-0.4, -0.2) is 54.0 Å². The number of hydrogen-bond donors (Lipinski definition) is 1. The molecule has 20 heavy (non-hydrogen) atoms. The summed E-state index contributed by atoms with van der Waals surface area (Å²) in [6, 6.07) is 2.90. The first-order chi connectivity index (χ1) is 9.47. The van der Waals surface area contributed by atoms with Crippen molar-refractivity contribution < 1.29 is 14.1 Å². The third kappa shape index (κ3) is 3.28. The Labute approximate surface area is 115 Å². The van der Waals surface area contributed by atoms with Gasteiger partial charge in [-0.2, -0.15) is 0 Å². The minimum absolute atomic E-state index is 0.310. The fourth-order valence-corrected chi connectivity index (χ4v) is 1.92. The molecule has 0 atom stereocenters. The lowest BCUT2D eigenvalue weighted by Gasteiger charge is -2.32. The van der Waals surface area contributed by atoms with E-state index in [1.807, 2.05) is 7.05 Å². The van der Waals surface area contributed by atoms with Gasteiger partial charge >= 0.3 is 0 Å². The Kier molecular flexibility index (Phi) is 4.26. The predicted molar refractivity (Wildman–Crippen MR) is 69.6 cm³/mol. The van der Waals surface area contributed by atoms with E-state index in [9.17, 15) is 19.3 Å². The number of rotatable bonds is 3. The van der Waals surface area contributed by atoms with Gasteiger partial charge < -0.3 is 4.90 Å². The summed E-state index contributed by atoms with van der Waals surface area (Å²) < 4.78 is 13.6. The second-order valence-electron chi connectivity index (χ2n) is 4.65. The number of likely N-dealkylation sites (N-methyl/N-ethyl adjacent to an activating group) is 1. The Balaban J connectivity index is 2.08. The van der Waals surface area contributed by atoms with Crippen molar-refractivity contribution in [3.05, 3.63) is 39.7 Å². The van der Waals surface area contributed by atoms with E-state index in [1.165, 1.54) is 0 Å². The fourth-order valence-electron chi connectivity index (χ4n) is 1.92. The maximum absolute atomic E-state index is 13.6. The molecule has 0 radical (unpaired) electrons. The van der Waals surface area contributed by atoms with Gasteiger partial charge in [0, 0.05) is 38.3 Å². The number of piperazine rings is 1. The molecule has 7 nitrogen and oxygen atoms in total. The number of benzene rings is 1. The molecule has 0 bridgehead atoms. The highest BCUT2D eigenvalue weighted by atomic mass is 19.1. The zero-order valence-electron chi connectivity index (χ0n) is 11.0. The molecule has 1 heterocycles. The van der Waals surface area contributed by atoms with E-state index >= 15 is 0 Å². The summed E-state index contributed by atoms with van der Waals surface area (Å²) in [5.74, 6) is -1.45. The predicted octanol–water partition coefficient (Wildman–Crippen LogP) is 0.626. The van der Waals surface area contributed by atoms with Crippen LogP contribution in [0.1, 0.15) is 10.4 Å². The molecule has 108 valence electrons. The molecule has 1 saturated heterocycles. The SMILES string of the molecule is CN1CCN(NC(=O)c2cc([N+](=O)[O-])ccc2F)CC1. The van der Waals surface area contributed by atoms with Crippen LogP contribution in [0.2, 0.25) is 0 Å². The molecule has 1 fully saturated rings. The first-order valence-corrected chi connectivity index (χ1v) is 6.16. The first-order valence-electron chi connectivity index (χ1n) is 6.16. The second-order valence-corrected chi connectivity index (χ2v) is 4.65. The highest BCUT2D eigenvalue weighted by Crippen LogP contribution is 2.16. The molecule has 1 aromatic rings. The molecule has 1 aromatic carbocycles. The van der Waals surface area contributed by atoms with Crippen molar-refractivity contribution >= 4 is 11.6 Å². The van der Waals surface area contributed by atoms with Crippen LogP contribution in [-0.2, 0) is 0 Å². The lowest BCUT2D eigenvalue weighted by Crippen LogP contribution is -2.52. The summed E-state index contributed by atoms with van der Waals surface area (Å²) >= 11 is 0. The zero-order chi connectivity index (χ0) is 14.7. The van der Waals surface area contributed by atoms with E-state index < -0.39 is 16.6 Å². The third-order valence-corrected chi connectivity index (χ3v) is 3.17. The lowest BCUT2D eigenvalue weighted by atomic mass is 10.2. The molecule has 0 aromatic heterocycles. The molecule has 1 amide bonds. The van der Waals surface area contributed by atoms with E-state index in [-0.39, 0.29) is 11.3 Å². The highest BCUT2D eigenvalue weighted by molar-refractivity contribution is 5.94. The summed E-state index contributed by atoms with van der Waals surface area (Å²) in [4.78, 5) is 24.1. The molecule has 1 aliphatic rings. The summed E-state index contributed by atoms with van der Waals surface area (Å²) in [7, 11) is 1.97. The summed E-state index contributed by atoms with van der Waals surface area (Å²) in [6.45, 7) is 2.83. The van der Waals surface area contributed by atoms with Gasteiger partial charge in [0.1, 0.15) is 5.82 Å². The number of hydrogen-bond acceptors (Lipinski definition) is 5. The quantitative estimate of drug-likeness (QED) is 0.649. The standard InChI is InChI=1S/C12H15FN4O3/c1-15-4-6-16(7-5-15)14-12(18)10-8-9(17(19)20)2-3-11(10)13/h2-3,8H,4-7H2,1H3,(H,14,18). The van der Waals surface area contributed by atoms with Crippen molar-refractivity contribution in [2.24, 2.45) is 0 Å². The maximum atomic E-state index is 13.6. The van der Waals surface area contributed by atoms with Gasteiger partial charge in [-0.1, -0.05) is 0 Å². The van der Waals surface area contributed by atoms with Crippen molar-refractivity contribution in [3.8, 4) is 0 Å². The molecule has 0 saturated carbocycles. The van der Waals surface area contributed by atoms with Gasteiger partial charge in [0.2, 0.25) is 0 Å². The van der Waals surface area contributed by atoms with Crippen molar-refractivity contribution in [3.63, 3.8) is 0 Å². The molecule has 0 spiro atoms. The van der Waals surface area contributed by atoms with Gasteiger partial charge in [-0.15, -0.1) is 0 Å². The van der Waals surface area contributed by atoms with Gasteiger partial charge in [-0.25, -0.2) is 9.40 Å². The number of hydrazine groups is 1.